The average Bonchev–Trinajstić information content (AvgIpc) is 3.14. The zero-order chi connectivity index (χ0) is 24.7. The van der Waals surface area contributed by atoms with Crippen molar-refractivity contribution in [1.82, 2.24) is 14.5 Å². The molecule has 8 heteroatoms. The van der Waals surface area contributed by atoms with Crippen molar-refractivity contribution >= 4 is 44.1 Å². The minimum absolute atomic E-state index is 0.0988. The van der Waals surface area contributed by atoms with Crippen molar-refractivity contribution in [3.8, 4) is 0 Å². The summed E-state index contributed by atoms with van der Waals surface area (Å²) < 4.78 is 1.58. The van der Waals surface area contributed by atoms with E-state index in [0.29, 0.717) is 41.7 Å². The minimum Gasteiger partial charge on any atom is -0.395 e. The van der Waals surface area contributed by atoms with Gasteiger partial charge in [-0.1, -0.05) is 30.7 Å². The number of aliphatic hydroxyl groups is 1. The molecule has 0 radical (unpaired) electrons. The summed E-state index contributed by atoms with van der Waals surface area (Å²) in [5.41, 5.74) is 2.00. The molecule has 0 aliphatic carbocycles. The second kappa shape index (κ2) is 9.36. The lowest BCUT2D eigenvalue weighted by atomic mass is 9.94. The summed E-state index contributed by atoms with van der Waals surface area (Å²) in [5.74, 6) is 0.182. The number of benzene rings is 2. The van der Waals surface area contributed by atoms with Gasteiger partial charge in [-0.15, -0.1) is 11.3 Å². The van der Waals surface area contributed by atoms with Crippen LogP contribution in [0.25, 0.3) is 21.0 Å². The van der Waals surface area contributed by atoms with Crippen LogP contribution in [0.1, 0.15) is 56.2 Å². The molecule has 0 unspecified atom stereocenters. The van der Waals surface area contributed by atoms with E-state index in [1.807, 2.05) is 38.1 Å². The number of amides is 2. The fourth-order valence-corrected chi connectivity index (χ4v) is 5.94. The van der Waals surface area contributed by atoms with Crippen LogP contribution in [-0.2, 0) is 13.0 Å². The predicted molar refractivity (Wildman–Crippen MR) is 137 cm³/mol. The van der Waals surface area contributed by atoms with E-state index < -0.39 is 0 Å². The van der Waals surface area contributed by atoms with Crippen molar-refractivity contribution in [2.45, 2.75) is 46.1 Å². The molecule has 0 spiro atoms. The third kappa shape index (κ3) is 3.96. The first-order valence-corrected chi connectivity index (χ1v) is 12.7. The van der Waals surface area contributed by atoms with Gasteiger partial charge in [-0.2, -0.15) is 0 Å². The minimum atomic E-state index is -0.244. The monoisotopic (exact) mass is 489 g/mol. The van der Waals surface area contributed by atoms with Gasteiger partial charge in [0.25, 0.3) is 17.4 Å². The topological polar surface area (TPSA) is 92.5 Å². The lowest BCUT2D eigenvalue weighted by Gasteiger charge is -2.27. The van der Waals surface area contributed by atoms with Crippen LogP contribution in [0.5, 0.6) is 0 Å². The molecule has 2 aromatic heterocycles. The molecule has 1 aliphatic heterocycles. The Labute approximate surface area is 206 Å². The van der Waals surface area contributed by atoms with E-state index in [-0.39, 0.29) is 30.5 Å². The molecule has 0 saturated carbocycles. The Hall–Kier alpha value is -3.36. The molecule has 35 heavy (non-hydrogen) atoms. The maximum Gasteiger partial charge on any atom is 0.262 e. The lowest BCUT2D eigenvalue weighted by Crippen LogP contribution is -2.40. The van der Waals surface area contributed by atoms with Gasteiger partial charge in [0, 0.05) is 34.4 Å². The zero-order valence-electron chi connectivity index (χ0n) is 19.8. The predicted octanol–water partition coefficient (Wildman–Crippen LogP) is 4.23. The van der Waals surface area contributed by atoms with Gasteiger partial charge < -0.3 is 5.11 Å². The van der Waals surface area contributed by atoms with Crippen molar-refractivity contribution in [2.24, 2.45) is 0 Å². The van der Waals surface area contributed by atoms with Gasteiger partial charge in [-0.3, -0.25) is 23.9 Å². The Morgan fingerprint density at radius 1 is 0.886 bits per heavy atom. The fourth-order valence-electron chi connectivity index (χ4n) is 4.90. The van der Waals surface area contributed by atoms with Gasteiger partial charge in [-0.25, -0.2) is 4.98 Å². The smallest absolute Gasteiger partial charge is 0.262 e. The molecule has 0 bridgehead atoms. The van der Waals surface area contributed by atoms with Crippen LogP contribution in [0.4, 0.5) is 0 Å². The van der Waals surface area contributed by atoms with Gasteiger partial charge in [0.15, 0.2) is 0 Å². The number of hydrogen-bond donors (Lipinski definition) is 1. The van der Waals surface area contributed by atoms with Crippen LogP contribution in [0.15, 0.2) is 41.2 Å². The van der Waals surface area contributed by atoms with Gasteiger partial charge in [-0.05, 0) is 49.8 Å². The molecular formula is C27H27N3O4S. The quantitative estimate of drug-likeness (QED) is 0.295. The highest BCUT2D eigenvalue weighted by Crippen LogP contribution is 2.30. The normalized spacial score (nSPS) is 13.4. The first-order valence-electron chi connectivity index (χ1n) is 11.9. The first kappa shape index (κ1) is 23.4. The number of carbonyl (C=O) groups is 2. The number of carbonyl (C=O) groups excluding carboxylic acids is 2. The molecule has 3 heterocycles. The Bertz CT molecular complexity index is 1480. The lowest BCUT2D eigenvalue weighted by molar-refractivity contribution is 0.0607. The molecule has 0 saturated heterocycles. The van der Waals surface area contributed by atoms with E-state index in [0.717, 1.165) is 38.9 Å². The van der Waals surface area contributed by atoms with Gasteiger partial charge in [0.1, 0.15) is 10.7 Å². The zero-order valence-corrected chi connectivity index (χ0v) is 20.7. The number of aliphatic hydroxyl groups excluding tert-OH is 1. The SMILES string of the molecule is Cc1sc2nc(CCCCCN3C(=O)c4cccc5cccc(c45)C3=O)n(CCO)c(=O)c2c1C. The summed E-state index contributed by atoms with van der Waals surface area (Å²) in [7, 11) is 0. The standard InChI is InChI=1S/C27H27N3O4S/c1-16-17(2)35-24-22(16)27(34)29(14-15-31)21(28-24)12-4-3-5-13-30-25(32)19-10-6-8-18-9-7-11-20(23(18)19)26(30)33/h6-11,31H,3-5,12-15H2,1-2H3. The highest BCUT2D eigenvalue weighted by molar-refractivity contribution is 7.18. The Morgan fingerprint density at radius 2 is 1.57 bits per heavy atom. The molecule has 0 fully saturated rings. The molecule has 7 nitrogen and oxygen atoms in total. The van der Waals surface area contributed by atoms with Crippen LogP contribution >= 0.6 is 11.3 Å². The maximum absolute atomic E-state index is 13.1. The van der Waals surface area contributed by atoms with Crippen molar-refractivity contribution in [1.29, 1.82) is 0 Å². The third-order valence-electron chi connectivity index (χ3n) is 6.83. The fraction of sp³-hybridized carbons (Fsp3) is 0.333. The molecule has 1 aliphatic rings. The molecule has 0 atom stereocenters. The number of aryl methyl sites for hydroxylation is 3. The molecule has 1 N–H and O–H groups in total. The summed E-state index contributed by atoms with van der Waals surface area (Å²) in [5, 5.41) is 11.8. The molecule has 180 valence electrons. The van der Waals surface area contributed by atoms with E-state index in [1.54, 1.807) is 16.7 Å². The van der Waals surface area contributed by atoms with E-state index in [9.17, 15) is 19.5 Å². The molecule has 2 aromatic carbocycles. The van der Waals surface area contributed by atoms with Gasteiger partial charge in [0.2, 0.25) is 0 Å². The molecule has 4 aromatic rings. The van der Waals surface area contributed by atoms with E-state index in [4.69, 9.17) is 4.98 Å². The highest BCUT2D eigenvalue weighted by atomic mass is 32.1. The van der Waals surface area contributed by atoms with Crippen molar-refractivity contribution in [2.75, 3.05) is 13.2 Å². The van der Waals surface area contributed by atoms with Crippen LogP contribution in [0.3, 0.4) is 0 Å². The Balaban J connectivity index is 1.27. The van der Waals surface area contributed by atoms with Crippen LogP contribution < -0.4 is 5.56 Å². The average molecular weight is 490 g/mol. The van der Waals surface area contributed by atoms with Crippen LogP contribution in [0.2, 0.25) is 0 Å². The number of hydrogen-bond acceptors (Lipinski definition) is 6. The van der Waals surface area contributed by atoms with Crippen molar-refractivity contribution in [3.63, 3.8) is 0 Å². The highest BCUT2D eigenvalue weighted by Gasteiger charge is 2.32. The number of unbranched alkanes of at least 4 members (excludes halogenated alkanes) is 2. The van der Waals surface area contributed by atoms with Crippen molar-refractivity contribution < 1.29 is 14.7 Å². The maximum atomic E-state index is 13.1. The first-order chi connectivity index (χ1) is 16.9. The second-order valence-electron chi connectivity index (χ2n) is 8.95. The molecular weight excluding hydrogens is 462 g/mol. The summed E-state index contributed by atoms with van der Waals surface area (Å²) in [4.78, 5) is 47.0. The summed E-state index contributed by atoms with van der Waals surface area (Å²) in [6.45, 7) is 4.35. The number of rotatable bonds is 8. The van der Waals surface area contributed by atoms with Crippen LogP contribution in [-0.4, -0.2) is 44.5 Å². The summed E-state index contributed by atoms with van der Waals surface area (Å²) in [6, 6.07) is 11.1. The number of fused-ring (bicyclic) bond motifs is 1. The third-order valence-corrected chi connectivity index (χ3v) is 7.93. The van der Waals surface area contributed by atoms with Crippen molar-refractivity contribution in [3.05, 3.63) is 74.1 Å². The van der Waals surface area contributed by atoms with E-state index in [1.165, 1.54) is 16.2 Å². The Morgan fingerprint density at radius 3 is 2.23 bits per heavy atom. The van der Waals surface area contributed by atoms with Gasteiger partial charge in [0.05, 0.1) is 18.5 Å². The second-order valence-corrected chi connectivity index (χ2v) is 10.2. The van der Waals surface area contributed by atoms with Gasteiger partial charge >= 0.3 is 0 Å². The number of aromatic nitrogens is 2. The number of nitrogens with zero attached hydrogens (tertiary/aromatic N) is 3. The summed E-state index contributed by atoms with van der Waals surface area (Å²) in [6.07, 6.45) is 2.79. The summed E-state index contributed by atoms with van der Waals surface area (Å²) >= 11 is 1.52. The molecule has 2 amide bonds. The number of imide groups is 1. The largest absolute Gasteiger partial charge is 0.395 e. The van der Waals surface area contributed by atoms with E-state index >= 15 is 0 Å². The Kier molecular flexibility index (Phi) is 6.25. The molecule has 5 rings (SSSR count). The van der Waals surface area contributed by atoms with Crippen LogP contribution in [0, 0.1) is 13.8 Å². The van der Waals surface area contributed by atoms with E-state index in [2.05, 4.69) is 0 Å². The number of thiophene rings is 1.